The maximum atomic E-state index is 13.5. The summed E-state index contributed by atoms with van der Waals surface area (Å²) < 4.78 is 29.3. The molecule has 3 aromatic carbocycles. The van der Waals surface area contributed by atoms with Gasteiger partial charge in [0.2, 0.25) is 15.9 Å². The van der Waals surface area contributed by atoms with Gasteiger partial charge in [0.1, 0.15) is 0 Å². The molecule has 184 valence electrons. The number of sulfonamides is 1. The van der Waals surface area contributed by atoms with E-state index < -0.39 is 10.0 Å². The lowest BCUT2D eigenvalue weighted by molar-refractivity contribution is -0.133. The van der Waals surface area contributed by atoms with Crippen LogP contribution in [0.4, 0.5) is 0 Å². The zero-order valence-corrected chi connectivity index (χ0v) is 22.2. The van der Waals surface area contributed by atoms with Gasteiger partial charge in [-0.25, -0.2) is 8.42 Å². The molecule has 1 aliphatic rings. The number of carbonyl (C=O) groups is 1. The average molecular weight is 557 g/mol. The Morgan fingerprint density at radius 3 is 2.11 bits per heavy atom. The van der Waals surface area contributed by atoms with E-state index >= 15 is 0 Å². The summed E-state index contributed by atoms with van der Waals surface area (Å²) in [6.07, 6.45) is 0. The van der Waals surface area contributed by atoms with E-state index in [1.807, 2.05) is 49.4 Å². The van der Waals surface area contributed by atoms with Gasteiger partial charge in [0, 0.05) is 43.7 Å². The highest BCUT2D eigenvalue weighted by Crippen LogP contribution is 2.21. The molecule has 0 saturated carbocycles. The summed E-state index contributed by atoms with van der Waals surface area (Å²) in [5.74, 6) is -0.169. The molecule has 3 aromatic rings. The average Bonchev–Trinajstić information content (AvgIpc) is 2.86. The molecule has 1 amide bonds. The van der Waals surface area contributed by atoms with Gasteiger partial charge < -0.3 is 4.90 Å². The van der Waals surface area contributed by atoms with Crippen LogP contribution in [0.25, 0.3) is 0 Å². The Bertz CT molecular complexity index is 1220. The quantitative estimate of drug-likeness (QED) is 0.416. The molecule has 8 heteroatoms. The Balaban J connectivity index is 1.46. The van der Waals surface area contributed by atoms with Gasteiger partial charge in [0.25, 0.3) is 0 Å². The molecule has 1 fully saturated rings. The van der Waals surface area contributed by atoms with Crippen LogP contribution in [0.2, 0.25) is 0 Å². The number of hydrogen-bond donors (Lipinski definition) is 0. The fourth-order valence-electron chi connectivity index (χ4n) is 4.13. The Hall–Kier alpha value is -2.52. The second-order valence-electron chi connectivity index (χ2n) is 8.86. The maximum absolute atomic E-state index is 13.5. The zero-order chi connectivity index (χ0) is 24.8. The third kappa shape index (κ3) is 6.79. The van der Waals surface area contributed by atoms with Crippen LogP contribution in [0.15, 0.2) is 88.2 Å². The van der Waals surface area contributed by atoms with Crippen LogP contribution in [-0.4, -0.2) is 61.2 Å². The summed E-state index contributed by atoms with van der Waals surface area (Å²) in [5, 5.41) is 0. The molecule has 6 nitrogen and oxygen atoms in total. The minimum atomic E-state index is -3.85. The van der Waals surface area contributed by atoms with Gasteiger partial charge in [0.15, 0.2) is 0 Å². The van der Waals surface area contributed by atoms with Crippen molar-refractivity contribution in [3.05, 3.63) is 100 Å². The largest absolute Gasteiger partial charge is 0.339 e. The number of rotatable bonds is 8. The van der Waals surface area contributed by atoms with Crippen molar-refractivity contribution in [2.24, 2.45) is 0 Å². The van der Waals surface area contributed by atoms with Crippen molar-refractivity contribution in [2.45, 2.75) is 24.9 Å². The van der Waals surface area contributed by atoms with Gasteiger partial charge in [-0.15, -0.1) is 0 Å². The predicted octanol–water partition coefficient (Wildman–Crippen LogP) is 4.29. The molecule has 0 radical (unpaired) electrons. The van der Waals surface area contributed by atoms with Crippen LogP contribution in [0.5, 0.6) is 0 Å². The summed E-state index contributed by atoms with van der Waals surface area (Å²) in [4.78, 5) is 17.5. The number of aryl methyl sites for hydroxylation is 1. The van der Waals surface area contributed by atoms with Crippen LogP contribution in [-0.2, 0) is 27.9 Å². The lowest BCUT2D eigenvalue weighted by atomic mass is 10.2. The van der Waals surface area contributed by atoms with Crippen molar-refractivity contribution in [2.75, 3.05) is 32.7 Å². The molecular formula is C27H30BrN3O3S. The Morgan fingerprint density at radius 2 is 1.49 bits per heavy atom. The SMILES string of the molecule is Cc1ccc(S(=O)(=O)N(CC(=O)N2CCN(Cc3ccccc3)CC2)Cc2ccc(Br)cc2)cc1. The maximum Gasteiger partial charge on any atom is 0.243 e. The minimum Gasteiger partial charge on any atom is -0.339 e. The number of amides is 1. The number of halogens is 1. The summed E-state index contributed by atoms with van der Waals surface area (Å²) in [6, 6.07) is 24.5. The minimum absolute atomic E-state index is 0.128. The number of carbonyl (C=O) groups excluding carboxylic acids is 1. The monoisotopic (exact) mass is 555 g/mol. The Kier molecular flexibility index (Phi) is 8.38. The van der Waals surface area contributed by atoms with E-state index in [0.29, 0.717) is 13.1 Å². The molecule has 0 atom stereocenters. The number of hydrogen-bond acceptors (Lipinski definition) is 4. The molecule has 0 spiro atoms. The standard InChI is InChI=1S/C27H30BrN3O3S/c1-22-7-13-26(14-8-22)35(33,34)31(20-24-9-11-25(28)12-10-24)21-27(32)30-17-15-29(16-18-30)19-23-5-3-2-4-6-23/h2-14H,15-21H2,1H3. The fraction of sp³-hybridized carbons (Fsp3) is 0.296. The third-order valence-corrected chi connectivity index (χ3v) is 8.55. The molecule has 1 saturated heterocycles. The Morgan fingerprint density at radius 1 is 0.857 bits per heavy atom. The highest BCUT2D eigenvalue weighted by atomic mass is 79.9. The summed E-state index contributed by atoms with van der Waals surface area (Å²) in [5.41, 5.74) is 3.05. The second-order valence-corrected chi connectivity index (χ2v) is 11.7. The van der Waals surface area contributed by atoms with Gasteiger partial charge >= 0.3 is 0 Å². The third-order valence-electron chi connectivity index (χ3n) is 6.22. The second kappa shape index (κ2) is 11.5. The molecule has 0 N–H and O–H groups in total. The molecule has 35 heavy (non-hydrogen) atoms. The molecule has 0 aromatic heterocycles. The van der Waals surface area contributed by atoms with Crippen molar-refractivity contribution in [3.8, 4) is 0 Å². The topological polar surface area (TPSA) is 60.9 Å². The normalized spacial score (nSPS) is 14.9. The van der Waals surface area contributed by atoms with Crippen LogP contribution >= 0.6 is 15.9 Å². The van der Waals surface area contributed by atoms with E-state index in [1.54, 1.807) is 29.2 Å². The van der Waals surface area contributed by atoms with E-state index in [1.165, 1.54) is 9.87 Å². The highest BCUT2D eigenvalue weighted by molar-refractivity contribution is 9.10. The van der Waals surface area contributed by atoms with Crippen molar-refractivity contribution >= 4 is 31.9 Å². The molecule has 0 aliphatic carbocycles. The predicted molar refractivity (Wildman–Crippen MR) is 141 cm³/mol. The van der Waals surface area contributed by atoms with E-state index in [-0.39, 0.29) is 23.9 Å². The summed E-state index contributed by atoms with van der Waals surface area (Å²) >= 11 is 3.42. The van der Waals surface area contributed by atoms with Crippen molar-refractivity contribution in [1.29, 1.82) is 0 Å². The van der Waals surface area contributed by atoms with E-state index in [4.69, 9.17) is 0 Å². The van der Waals surface area contributed by atoms with Crippen LogP contribution < -0.4 is 0 Å². The van der Waals surface area contributed by atoms with Crippen LogP contribution in [0.3, 0.4) is 0 Å². The van der Waals surface area contributed by atoms with Gasteiger partial charge in [-0.1, -0.05) is 76.1 Å². The van der Waals surface area contributed by atoms with Gasteiger partial charge in [-0.2, -0.15) is 4.31 Å². The van der Waals surface area contributed by atoms with Crippen molar-refractivity contribution in [1.82, 2.24) is 14.1 Å². The van der Waals surface area contributed by atoms with E-state index in [0.717, 1.165) is 35.2 Å². The molecule has 1 heterocycles. The van der Waals surface area contributed by atoms with Crippen molar-refractivity contribution < 1.29 is 13.2 Å². The molecule has 1 aliphatic heterocycles. The number of piperazine rings is 1. The zero-order valence-electron chi connectivity index (χ0n) is 19.8. The summed E-state index contributed by atoms with van der Waals surface area (Å²) in [6.45, 7) is 5.40. The van der Waals surface area contributed by atoms with Gasteiger partial charge in [-0.05, 0) is 42.3 Å². The first-order valence-corrected chi connectivity index (χ1v) is 13.9. The van der Waals surface area contributed by atoms with Crippen LogP contribution in [0.1, 0.15) is 16.7 Å². The summed E-state index contributed by atoms with van der Waals surface area (Å²) in [7, 11) is -3.85. The first-order chi connectivity index (χ1) is 16.8. The molecule has 0 bridgehead atoms. The lowest BCUT2D eigenvalue weighted by Crippen LogP contribution is -2.51. The lowest BCUT2D eigenvalue weighted by Gasteiger charge is -2.35. The first kappa shape index (κ1) is 25.6. The van der Waals surface area contributed by atoms with E-state index in [2.05, 4.69) is 33.0 Å². The van der Waals surface area contributed by atoms with Crippen molar-refractivity contribution in [3.63, 3.8) is 0 Å². The van der Waals surface area contributed by atoms with Gasteiger partial charge in [-0.3, -0.25) is 9.69 Å². The molecule has 4 rings (SSSR count). The highest BCUT2D eigenvalue weighted by Gasteiger charge is 2.30. The number of benzene rings is 3. The smallest absolute Gasteiger partial charge is 0.243 e. The fourth-order valence-corrected chi connectivity index (χ4v) is 5.77. The number of nitrogens with zero attached hydrogens (tertiary/aromatic N) is 3. The van der Waals surface area contributed by atoms with E-state index in [9.17, 15) is 13.2 Å². The first-order valence-electron chi connectivity index (χ1n) is 11.7. The van der Waals surface area contributed by atoms with Crippen LogP contribution in [0, 0.1) is 6.92 Å². The van der Waals surface area contributed by atoms with Gasteiger partial charge in [0.05, 0.1) is 11.4 Å². The molecular weight excluding hydrogens is 526 g/mol. The molecule has 0 unspecified atom stereocenters. The Labute approximate surface area is 216 Å².